The third-order valence-corrected chi connectivity index (χ3v) is 3.06. The number of hydrogen-bond acceptors (Lipinski definition) is 2. The van der Waals surface area contributed by atoms with Crippen LogP contribution in [-0.4, -0.2) is 11.9 Å². The number of benzene rings is 1. The Morgan fingerprint density at radius 1 is 1.44 bits per heavy atom. The van der Waals surface area contributed by atoms with Crippen LogP contribution in [0.5, 0.6) is 0 Å². The first-order valence-electron chi connectivity index (χ1n) is 5.14. The van der Waals surface area contributed by atoms with E-state index in [1.807, 2.05) is 0 Å². The first kappa shape index (κ1) is 13.7. The van der Waals surface area contributed by atoms with Gasteiger partial charge in [0.2, 0.25) is 0 Å². The molecule has 5 heteroatoms. The summed E-state index contributed by atoms with van der Waals surface area (Å²) in [6.45, 7) is 0. The second-order valence-electron chi connectivity index (χ2n) is 3.60. The third-order valence-electron chi connectivity index (χ3n) is 2.43. The number of rotatable bonds is 6. The van der Waals surface area contributed by atoms with Crippen LogP contribution in [0.15, 0.2) is 18.2 Å². The van der Waals surface area contributed by atoms with Crippen molar-refractivity contribution in [1.82, 2.24) is 5.43 Å². The normalized spacial score (nSPS) is 12.8. The average Bonchev–Trinajstić information content (AvgIpc) is 2.28. The smallest absolute Gasteiger partial charge is 0.127 e. The molecule has 1 aromatic rings. The zero-order chi connectivity index (χ0) is 12.0. The maximum Gasteiger partial charge on any atom is 0.127 e. The summed E-state index contributed by atoms with van der Waals surface area (Å²) in [7, 11) is 0. The summed E-state index contributed by atoms with van der Waals surface area (Å²) < 4.78 is 13.5. The molecular formula is C11H15Cl2FN2. The van der Waals surface area contributed by atoms with Crippen molar-refractivity contribution in [2.24, 2.45) is 5.84 Å². The third kappa shape index (κ3) is 3.91. The summed E-state index contributed by atoms with van der Waals surface area (Å²) in [5.74, 6) is 5.68. The molecule has 0 radical (unpaired) electrons. The summed E-state index contributed by atoms with van der Waals surface area (Å²) in [5, 5.41) is 0.436. The lowest BCUT2D eigenvalue weighted by molar-refractivity contribution is 0.476. The van der Waals surface area contributed by atoms with Gasteiger partial charge in [-0.15, -0.1) is 11.6 Å². The Balaban J connectivity index is 2.69. The molecule has 16 heavy (non-hydrogen) atoms. The molecule has 90 valence electrons. The molecule has 0 spiro atoms. The minimum absolute atomic E-state index is 0.00634. The van der Waals surface area contributed by atoms with Crippen LogP contribution in [0.4, 0.5) is 4.39 Å². The molecule has 0 heterocycles. The van der Waals surface area contributed by atoms with Gasteiger partial charge in [0, 0.05) is 22.5 Å². The largest absolute Gasteiger partial charge is 0.271 e. The number of nitrogens with one attached hydrogen (secondary N) is 1. The Labute approximate surface area is 105 Å². The molecule has 0 amide bonds. The summed E-state index contributed by atoms with van der Waals surface area (Å²) in [6.07, 6.45) is 2.10. The first-order chi connectivity index (χ1) is 7.69. The Hall–Kier alpha value is -0.350. The monoisotopic (exact) mass is 264 g/mol. The molecule has 1 unspecified atom stereocenters. The highest BCUT2D eigenvalue weighted by Gasteiger charge is 2.13. The molecule has 0 saturated heterocycles. The van der Waals surface area contributed by atoms with E-state index in [9.17, 15) is 4.39 Å². The van der Waals surface area contributed by atoms with E-state index in [1.54, 1.807) is 12.1 Å². The Bertz CT molecular complexity index is 314. The van der Waals surface area contributed by atoms with E-state index in [1.165, 1.54) is 6.07 Å². The highest BCUT2D eigenvalue weighted by Crippen LogP contribution is 2.21. The van der Waals surface area contributed by atoms with Gasteiger partial charge < -0.3 is 0 Å². The molecule has 0 aliphatic heterocycles. The Morgan fingerprint density at radius 3 is 2.75 bits per heavy atom. The SMILES string of the molecule is NNC(CCCCl)Cc1c(F)cccc1Cl. The standard InChI is InChI=1S/C11H15Cl2FN2/c12-6-2-3-8(16-15)7-9-10(13)4-1-5-11(9)14/h1,4-5,8,16H,2-3,6-7,15H2. The van der Waals surface area contributed by atoms with E-state index in [0.717, 1.165) is 12.8 Å². The number of halogens is 3. The second-order valence-corrected chi connectivity index (χ2v) is 4.38. The van der Waals surface area contributed by atoms with E-state index >= 15 is 0 Å². The van der Waals surface area contributed by atoms with Crippen LogP contribution < -0.4 is 11.3 Å². The lowest BCUT2D eigenvalue weighted by Crippen LogP contribution is -2.37. The van der Waals surface area contributed by atoms with Crippen molar-refractivity contribution in [3.05, 3.63) is 34.6 Å². The fourth-order valence-electron chi connectivity index (χ4n) is 1.54. The predicted molar refractivity (Wildman–Crippen MR) is 66.2 cm³/mol. The molecule has 1 aromatic carbocycles. The molecule has 0 aliphatic carbocycles. The lowest BCUT2D eigenvalue weighted by Gasteiger charge is -2.16. The van der Waals surface area contributed by atoms with Crippen molar-refractivity contribution >= 4 is 23.2 Å². The molecular weight excluding hydrogens is 250 g/mol. The molecule has 0 aromatic heterocycles. The zero-order valence-electron chi connectivity index (χ0n) is 8.85. The summed E-state index contributed by atoms with van der Waals surface area (Å²) >= 11 is 11.5. The van der Waals surface area contributed by atoms with Crippen molar-refractivity contribution in [3.63, 3.8) is 0 Å². The van der Waals surface area contributed by atoms with Crippen molar-refractivity contribution in [3.8, 4) is 0 Å². The van der Waals surface area contributed by atoms with Gasteiger partial charge in [0.1, 0.15) is 5.82 Å². The van der Waals surface area contributed by atoms with E-state index in [2.05, 4.69) is 5.43 Å². The van der Waals surface area contributed by atoms with Crippen molar-refractivity contribution < 1.29 is 4.39 Å². The van der Waals surface area contributed by atoms with Crippen LogP contribution in [0.3, 0.4) is 0 Å². The van der Waals surface area contributed by atoms with Crippen LogP contribution >= 0.6 is 23.2 Å². The molecule has 1 rings (SSSR count). The maximum absolute atomic E-state index is 13.5. The lowest BCUT2D eigenvalue weighted by atomic mass is 10.0. The van der Waals surface area contributed by atoms with Gasteiger partial charge >= 0.3 is 0 Å². The van der Waals surface area contributed by atoms with Crippen molar-refractivity contribution in [2.45, 2.75) is 25.3 Å². The molecule has 2 nitrogen and oxygen atoms in total. The van der Waals surface area contributed by atoms with Gasteiger partial charge in [0.25, 0.3) is 0 Å². The number of alkyl halides is 1. The molecule has 0 fully saturated rings. The minimum Gasteiger partial charge on any atom is -0.271 e. The minimum atomic E-state index is -0.293. The fraction of sp³-hybridized carbons (Fsp3) is 0.455. The Morgan fingerprint density at radius 2 is 2.19 bits per heavy atom. The van der Waals surface area contributed by atoms with E-state index < -0.39 is 0 Å². The summed E-state index contributed by atoms with van der Waals surface area (Å²) in [4.78, 5) is 0. The average molecular weight is 265 g/mol. The van der Waals surface area contributed by atoms with Crippen molar-refractivity contribution in [2.75, 3.05) is 5.88 Å². The zero-order valence-corrected chi connectivity index (χ0v) is 10.4. The van der Waals surface area contributed by atoms with Crippen LogP contribution in [0.1, 0.15) is 18.4 Å². The van der Waals surface area contributed by atoms with E-state index in [4.69, 9.17) is 29.0 Å². The van der Waals surface area contributed by atoms with Gasteiger partial charge in [-0.1, -0.05) is 17.7 Å². The van der Waals surface area contributed by atoms with Gasteiger partial charge in [-0.3, -0.25) is 11.3 Å². The van der Waals surface area contributed by atoms with Crippen molar-refractivity contribution in [1.29, 1.82) is 0 Å². The first-order valence-corrected chi connectivity index (χ1v) is 6.05. The van der Waals surface area contributed by atoms with E-state index in [0.29, 0.717) is 22.9 Å². The number of hydrazine groups is 1. The van der Waals surface area contributed by atoms with Crippen LogP contribution in [-0.2, 0) is 6.42 Å². The highest BCUT2D eigenvalue weighted by atomic mass is 35.5. The topological polar surface area (TPSA) is 38.0 Å². The summed E-state index contributed by atoms with van der Waals surface area (Å²) in [6, 6.07) is 4.66. The number of nitrogens with two attached hydrogens (primary N) is 1. The van der Waals surface area contributed by atoms with Gasteiger partial charge in [-0.2, -0.15) is 0 Å². The Kier molecular flexibility index (Phi) is 6.06. The predicted octanol–water partition coefficient (Wildman–Crippen LogP) is 2.87. The maximum atomic E-state index is 13.5. The van der Waals surface area contributed by atoms with Gasteiger partial charge in [-0.25, -0.2) is 4.39 Å². The molecule has 3 N–H and O–H groups in total. The van der Waals surface area contributed by atoms with Crippen LogP contribution in [0.25, 0.3) is 0 Å². The van der Waals surface area contributed by atoms with Crippen LogP contribution in [0, 0.1) is 5.82 Å². The van der Waals surface area contributed by atoms with Gasteiger partial charge in [-0.05, 0) is 31.4 Å². The summed E-state index contributed by atoms with van der Waals surface area (Å²) in [5.41, 5.74) is 3.16. The number of hydrogen-bond donors (Lipinski definition) is 2. The van der Waals surface area contributed by atoms with Gasteiger partial charge in [0.05, 0.1) is 0 Å². The highest BCUT2D eigenvalue weighted by molar-refractivity contribution is 6.31. The second kappa shape index (κ2) is 7.07. The fourth-order valence-corrected chi connectivity index (χ4v) is 1.94. The molecule has 1 atom stereocenters. The quantitative estimate of drug-likeness (QED) is 0.471. The van der Waals surface area contributed by atoms with Crippen LogP contribution in [0.2, 0.25) is 5.02 Å². The molecule has 0 saturated carbocycles. The van der Waals surface area contributed by atoms with E-state index in [-0.39, 0.29) is 11.9 Å². The van der Waals surface area contributed by atoms with Gasteiger partial charge in [0.15, 0.2) is 0 Å². The molecule has 0 aliphatic rings. The molecule has 0 bridgehead atoms.